The number of benzene rings is 1. The third kappa shape index (κ3) is 3.77. The molecule has 0 aliphatic carbocycles. The van der Waals surface area contributed by atoms with E-state index in [-0.39, 0.29) is 5.41 Å². The van der Waals surface area contributed by atoms with Crippen LogP contribution in [0.15, 0.2) is 30.5 Å². The number of nitrogens with two attached hydrogens (primary N) is 1. The van der Waals surface area contributed by atoms with Crippen molar-refractivity contribution in [2.24, 2.45) is 5.73 Å². The van der Waals surface area contributed by atoms with E-state index in [2.05, 4.69) is 57.9 Å². The van der Waals surface area contributed by atoms with Crippen LogP contribution in [0.25, 0.3) is 5.69 Å². The van der Waals surface area contributed by atoms with Gasteiger partial charge in [0, 0.05) is 30.0 Å². The van der Waals surface area contributed by atoms with E-state index in [0.29, 0.717) is 13.1 Å². The van der Waals surface area contributed by atoms with E-state index in [1.165, 1.54) is 11.5 Å². The standard InChI is InChI=1S/C16H21N7S/c1-16(2,3)14-19-15(24-21-14)18-9-11-5-4-6-13(7-11)23-10-12(8-17)20-22-23/h4-7,10H,8-9,17H2,1-3H3,(H,18,19,21). The summed E-state index contributed by atoms with van der Waals surface area (Å²) in [7, 11) is 0. The van der Waals surface area contributed by atoms with Crippen LogP contribution in [-0.4, -0.2) is 24.4 Å². The van der Waals surface area contributed by atoms with Crippen molar-refractivity contribution in [3.8, 4) is 5.69 Å². The monoisotopic (exact) mass is 343 g/mol. The summed E-state index contributed by atoms with van der Waals surface area (Å²) in [4.78, 5) is 4.55. The number of nitrogens with zero attached hydrogens (tertiary/aromatic N) is 5. The van der Waals surface area contributed by atoms with Crippen molar-refractivity contribution >= 4 is 16.7 Å². The molecule has 3 aromatic rings. The molecule has 0 bridgehead atoms. The van der Waals surface area contributed by atoms with Gasteiger partial charge in [0.2, 0.25) is 5.13 Å². The van der Waals surface area contributed by atoms with Gasteiger partial charge in [-0.05, 0) is 17.7 Å². The summed E-state index contributed by atoms with van der Waals surface area (Å²) < 4.78 is 6.14. The van der Waals surface area contributed by atoms with Crippen LogP contribution in [0.2, 0.25) is 0 Å². The molecule has 0 spiro atoms. The maximum atomic E-state index is 5.58. The predicted octanol–water partition coefficient (Wildman–Crippen LogP) is 2.49. The van der Waals surface area contributed by atoms with Gasteiger partial charge in [-0.2, -0.15) is 4.37 Å². The minimum atomic E-state index is -0.0376. The summed E-state index contributed by atoms with van der Waals surface area (Å²) in [6.45, 7) is 7.38. The Bertz CT molecular complexity index is 816. The van der Waals surface area contributed by atoms with Crippen LogP contribution >= 0.6 is 11.5 Å². The van der Waals surface area contributed by atoms with Gasteiger partial charge in [-0.25, -0.2) is 9.67 Å². The fourth-order valence-electron chi connectivity index (χ4n) is 2.10. The van der Waals surface area contributed by atoms with Crippen molar-refractivity contribution in [3.05, 3.63) is 47.5 Å². The zero-order chi connectivity index (χ0) is 17.2. The first kappa shape index (κ1) is 16.5. The highest BCUT2D eigenvalue weighted by atomic mass is 32.1. The fourth-order valence-corrected chi connectivity index (χ4v) is 2.86. The fraction of sp³-hybridized carbons (Fsp3) is 0.375. The molecule has 0 unspecified atom stereocenters. The third-order valence-corrected chi connectivity index (χ3v) is 4.14. The molecule has 2 heterocycles. The van der Waals surface area contributed by atoms with Crippen LogP contribution in [0.3, 0.4) is 0 Å². The molecule has 0 fully saturated rings. The predicted molar refractivity (Wildman–Crippen MR) is 95.2 cm³/mol. The van der Waals surface area contributed by atoms with Crippen molar-refractivity contribution in [1.29, 1.82) is 0 Å². The maximum absolute atomic E-state index is 5.58. The van der Waals surface area contributed by atoms with Crippen LogP contribution in [0.1, 0.15) is 37.9 Å². The molecule has 8 heteroatoms. The molecule has 0 saturated heterocycles. The smallest absolute Gasteiger partial charge is 0.202 e. The quantitative estimate of drug-likeness (QED) is 0.739. The third-order valence-electron chi connectivity index (χ3n) is 3.47. The second-order valence-electron chi connectivity index (χ2n) is 6.56. The molecule has 24 heavy (non-hydrogen) atoms. The molecule has 0 aliphatic rings. The highest BCUT2D eigenvalue weighted by Gasteiger charge is 2.19. The molecule has 3 rings (SSSR count). The van der Waals surface area contributed by atoms with Gasteiger partial charge in [0.25, 0.3) is 0 Å². The molecule has 0 saturated carbocycles. The first-order valence-electron chi connectivity index (χ1n) is 7.74. The van der Waals surface area contributed by atoms with Gasteiger partial charge in [-0.3, -0.25) is 0 Å². The number of anilines is 1. The lowest BCUT2D eigenvalue weighted by molar-refractivity contribution is 0.555. The van der Waals surface area contributed by atoms with Crippen molar-refractivity contribution in [2.75, 3.05) is 5.32 Å². The van der Waals surface area contributed by atoms with E-state index in [1.807, 2.05) is 18.3 Å². The summed E-state index contributed by atoms with van der Waals surface area (Å²) in [6.07, 6.45) is 1.84. The molecule has 2 aromatic heterocycles. The maximum Gasteiger partial charge on any atom is 0.202 e. The number of rotatable bonds is 5. The van der Waals surface area contributed by atoms with Gasteiger partial charge in [0.15, 0.2) is 0 Å². The molecule has 0 amide bonds. The normalized spacial score (nSPS) is 11.7. The van der Waals surface area contributed by atoms with Gasteiger partial charge in [-0.15, -0.1) is 5.10 Å². The highest BCUT2D eigenvalue weighted by Crippen LogP contribution is 2.23. The zero-order valence-electron chi connectivity index (χ0n) is 14.0. The number of hydrogen-bond donors (Lipinski definition) is 2. The van der Waals surface area contributed by atoms with E-state index in [9.17, 15) is 0 Å². The van der Waals surface area contributed by atoms with E-state index >= 15 is 0 Å². The second-order valence-corrected chi connectivity index (χ2v) is 7.31. The van der Waals surface area contributed by atoms with Crippen molar-refractivity contribution in [1.82, 2.24) is 24.4 Å². The number of hydrogen-bond acceptors (Lipinski definition) is 7. The first-order chi connectivity index (χ1) is 11.5. The number of aromatic nitrogens is 5. The van der Waals surface area contributed by atoms with Gasteiger partial charge in [0.05, 0.1) is 17.6 Å². The Balaban J connectivity index is 1.70. The minimum Gasteiger partial charge on any atom is -0.356 e. The lowest BCUT2D eigenvalue weighted by Gasteiger charge is -2.12. The summed E-state index contributed by atoms with van der Waals surface area (Å²) in [5.41, 5.74) is 8.39. The highest BCUT2D eigenvalue weighted by molar-refractivity contribution is 7.09. The van der Waals surface area contributed by atoms with Crippen molar-refractivity contribution in [3.63, 3.8) is 0 Å². The zero-order valence-corrected chi connectivity index (χ0v) is 14.8. The molecule has 1 aromatic carbocycles. The molecular formula is C16H21N7S. The lowest BCUT2D eigenvalue weighted by Crippen LogP contribution is -2.13. The molecule has 0 radical (unpaired) electrons. The van der Waals surface area contributed by atoms with Crippen molar-refractivity contribution in [2.45, 2.75) is 39.3 Å². The number of nitrogens with one attached hydrogen (secondary N) is 1. The summed E-state index contributed by atoms with van der Waals surface area (Å²) in [5, 5.41) is 12.3. The summed E-state index contributed by atoms with van der Waals surface area (Å²) >= 11 is 1.39. The summed E-state index contributed by atoms with van der Waals surface area (Å²) in [6, 6.07) is 8.11. The van der Waals surface area contributed by atoms with Gasteiger partial charge >= 0.3 is 0 Å². The van der Waals surface area contributed by atoms with Crippen molar-refractivity contribution < 1.29 is 0 Å². The molecule has 3 N–H and O–H groups in total. The lowest BCUT2D eigenvalue weighted by atomic mass is 9.96. The Morgan fingerprint density at radius 3 is 2.79 bits per heavy atom. The van der Waals surface area contributed by atoms with Crippen LogP contribution in [0, 0.1) is 0 Å². The van der Waals surface area contributed by atoms with Crippen LogP contribution < -0.4 is 11.1 Å². The minimum absolute atomic E-state index is 0.0376. The van der Waals surface area contributed by atoms with E-state index in [4.69, 9.17) is 5.73 Å². The molecule has 0 aliphatic heterocycles. The van der Waals surface area contributed by atoms with Crippen LogP contribution in [-0.2, 0) is 18.5 Å². The molecule has 0 atom stereocenters. The topological polar surface area (TPSA) is 94.5 Å². The van der Waals surface area contributed by atoms with Gasteiger partial charge in [-0.1, -0.05) is 38.1 Å². The van der Waals surface area contributed by atoms with E-state index in [1.54, 1.807) is 4.68 Å². The Morgan fingerprint density at radius 1 is 1.29 bits per heavy atom. The average Bonchev–Trinajstić information content (AvgIpc) is 3.22. The Kier molecular flexibility index (Phi) is 4.59. The summed E-state index contributed by atoms with van der Waals surface area (Å²) in [5.74, 6) is 0.862. The van der Waals surface area contributed by atoms with E-state index < -0.39 is 0 Å². The van der Waals surface area contributed by atoms with Crippen LogP contribution in [0.5, 0.6) is 0 Å². The Morgan fingerprint density at radius 2 is 2.12 bits per heavy atom. The molecular weight excluding hydrogens is 322 g/mol. The Labute approximate surface area is 145 Å². The SMILES string of the molecule is CC(C)(C)c1nsc(NCc2cccc(-n3cc(CN)nn3)c2)n1. The first-order valence-corrected chi connectivity index (χ1v) is 8.52. The van der Waals surface area contributed by atoms with E-state index in [0.717, 1.165) is 27.9 Å². The second kappa shape index (κ2) is 6.66. The molecule has 126 valence electrons. The van der Waals surface area contributed by atoms with Crippen LogP contribution in [0.4, 0.5) is 5.13 Å². The van der Waals surface area contributed by atoms with Gasteiger partial charge in [0.1, 0.15) is 5.82 Å². The largest absolute Gasteiger partial charge is 0.356 e. The van der Waals surface area contributed by atoms with Gasteiger partial charge < -0.3 is 11.1 Å². The average molecular weight is 343 g/mol. The Hall–Kier alpha value is -2.32. The molecule has 7 nitrogen and oxygen atoms in total.